The zero-order valence-corrected chi connectivity index (χ0v) is 13.7. The summed E-state index contributed by atoms with van der Waals surface area (Å²) in [4.78, 5) is 22.8. The van der Waals surface area contributed by atoms with Crippen LogP contribution in [0.25, 0.3) is 9.53 Å². The van der Waals surface area contributed by atoms with E-state index in [-0.39, 0.29) is 5.91 Å². The molecule has 4 nitrogen and oxygen atoms in total. The molecule has 0 unspecified atom stereocenters. The number of thiazole rings is 1. The van der Waals surface area contributed by atoms with Crippen LogP contribution >= 0.6 is 22.7 Å². The van der Waals surface area contributed by atoms with Crippen LogP contribution in [0, 0.1) is 0 Å². The highest BCUT2D eigenvalue weighted by Crippen LogP contribution is 2.35. The van der Waals surface area contributed by atoms with E-state index in [4.69, 9.17) is 0 Å². The van der Waals surface area contributed by atoms with Crippen molar-refractivity contribution >= 4 is 43.2 Å². The summed E-state index contributed by atoms with van der Waals surface area (Å²) in [5.41, 5.74) is 0. The zero-order valence-electron chi connectivity index (χ0n) is 12.0. The van der Waals surface area contributed by atoms with Gasteiger partial charge in [-0.1, -0.05) is 24.2 Å². The molecule has 6 heteroatoms. The highest BCUT2D eigenvalue weighted by Gasteiger charge is 2.25. The number of hydrogen-bond donors (Lipinski definition) is 0. The Bertz CT molecular complexity index is 594. The normalized spacial score (nSPS) is 15.9. The highest BCUT2D eigenvalue weighted by atomic mass is 32.1. The molecule has 3 rings (SSSR count). The maximum absolute atomic E-state index is 12.5. The lowest BCUT2D eigenvalue weighted by atomic mass is 10.2. The molecule has 1 amide bonds. The number of carbonyl (C=O) groups is 1. The monoisotopic (exact) mass is 309 g/mol. The largest absolute Gasteiger partial charge is 0.354 e. The first-order valence-electron chi connectivity index (χ1n) is 6.91. The van der Waals surface area contributed by atoms with Gasteiger partial charge in [0, 0.05) is 27.2 Å². The van der Waals surface area contributed by atoms with Gasteiger partial charge in [0.1, 0.15) is 4.83 Å². The van der Waals surface area contributed by atoms with E-state index in [9.17, 15) is 4.79 Å². The van der Waals surface area contributed by atoms with E-state index in [0.29, 0.717) is 6.04 Å². The number of fused-ring (bicyclic) bond motifs is 1. The van der Waals surface area contributed by atoms with E-state index in [2.05, 4.69) is 4.98 Å². The Kier molecular flexibility index (Phi) is 3.69. The third-order valence-electron chi connectivity index (χ3n) is 3.86. The molecule has 108 valence electrons. The number of rotatable bonds is 3. The molecule has 1 saturated carbocycles. The first-order chi connectivity index (χ1) is 9.56. The summed E-state index contributed by atoms with van der Waals surface area (Å²) in [6, 6.07) is 2.42. The van der Waals surface area contributed by atoms with Crippen molar-refractivity contribution in [2.45, 2.75) is 31.7 Å². The van der Waals surface area contributed by atoms with Crippen molar-refractivity contribution in [3.63, 3.8) is 0 Å². The maximum atomic E-state index is 12.5. The second-order valence-corrected chi connectivity index (χ2v) is 7.57. The number of nitrogens with zero attached hydrogens (tertiary/aromatic N) is 3. The van der Waals surface area contributed by atoms with E-state index >= 15 is 0 Å². The highest BCUT2D eigenvalue weighted by molar-refractivity contribution is 7.29. The van der Waals surface area contributed by atoms with Gasteiger partial charge in [-0.3, -0.25) is 4.79 Å². The Hall–Kier alpha value is -1.14. The minimum Gasteiger partial charge on any atom is -0.354 e. The summed E-state index contributed by atoms with van der Waals surface area (Å²) >= 11 is 3.15. The lowest BCUT2D eigenvalue weighted by Gasteiger charge is -2.23. The maximum Gasteiger partial charge on any atom is 0.264 e. The molecule has 2 heterocycles. The summed E-state index contributed by atoms with van der Waals surface area (Å²) < 4.78 is 1.11. The Labute approximate surface area is 127 Å². The van der Waals surface area contributed by atoms with Crippen LogP contribution in [0.2, 0.25) is 0 Å². The molecule has 2 aromatic heterocycles. The van der Waals surface area contributed by atoms with E-state index in [1.807, 2.05) is 37.0 Å². The zero-order chi connectivity index (χ0) is 14.3. The van der Waals surface area contributed by atoms with Crippen molar-refractivity contribution in [3.05, 3.63) is 10.9 Å². The quantitative estimate of drug-likeness (QED) is 0.871. The molecule has 1 aliphatic rings. The summed E-state index contributed by atoms with van der Waals surface area (Å²) in [6.07, 6.45) is 4.78. The Morgan fingerprint density at radius 1 is 1.25 bits per heavy atom. The third-order valence-corrected chi connectivity index (χ3v) is 6.18. The summed E-state index contributed by atoms with van der Waals surface area (Å²) in [5.74, 6) is 0.151. The van der Waals surface area contributed by atoms with E-state index < -0.39 is 0 Å². The van der Waals surface area contributed by atoms with Crippen molar-refractivity contribution in [1.29, 1.82) is 0 Å². The number of hydrogen-bond acceptors (Lipinski definition) is 5. The molecule has 0 saturated heterocycles. The van der Waals surface area contributed by atoms with Gasteiger partial charge in [-0.25, -0.2) is 4.98 Å². The topological polar surface area (TPSA) is 36.4 Å². The van der Waals surface area contributed by atoms with Crippen molar-refractivity contribution in [3.8, 4) is 0 Å². The van der Waals surface area contributed by atoms with Gasteiger partial charge >= 0.3 is 0 Å². The van der Waals surface area contributed by atoms with Gasteiger partial charge < -0.3 is 9.80 Å². The minimum absolute atomic E-state index is 0.151. The van der Waals surface area contributed by atoms with Crippen molar-refractivity contribution in [2.75, 3.05) is 26.0 Å². The summed E-state index contributed by atoms with van der Waals surface area (Å²) in [6.45, 7) is 0. The third kappa shape index (κ3) is 2.42. The van der Waals surface area contributed by atoms with E-state index in [0.717, 1.165) is 32.4 Å². The number of aromatic nitrogens is 1. The predicted molar refractivity (Wildman–Crippen MR) is 86.2 cm³/mol. The van der Waals surface area contributed by atoms with Crippen molar-refractivity contribution in [2.24, 2.45) is 0 Å². The molecule has 0 aliphatic heterocycles. The van der Waals surface area contributed by atoms with Gasteiger partial charge in [-0.15, -0.1) is 11.3 Å². The fraction of sp³-hybridized carbons (Fsp3) is 0.571. The molecular weight excluding hydrogens is 290 g/mol. The van der Waals surface area contributed by atoms with Gasteiger partial charge in [0.2, 0.25) is 0 Å². The lowest BCUT2D eigenvalue weighted by molar-refractivity contribution is 0.0740. The molecule has 0 spiro atoms. The van der Waals surface area contributed by atoms with E-state index in [1.54, 1.807) is 11.3 Å². The standard InChI is InChI=1S/C14H19N3OS2/c1-16(2)14-15-12-10(20-14)8-11(19-12)13(18)17(3)9-6-4-5-7-9/h8-9H,4-7H2,1-3H3. The second kappa shape index (κ2) is 5.33. The van der Waals surface area contributed by atoms with Crippen LogP contribution in [0.15, 0.2) is 6.07 Å². The van der Waals surface area contributed by atoms with Crippen LogP contribution in [-0.4, -0.2) is 43.0 Å². The Balaban J connectivity index is 1.82. The van der Waals surface area contributed by atoms with Crippen molar-refractivity contribution in [1.82, 2.24) is 9.88 Å². The minimum atomic E-state index is 0.151. The molecule has 0 bridgehead atoms. The van der Waals surface area contributed by atoms with Crippen LogP contribution in [0.4, 0.5) is 5.13 Å². The molecule has 0 atom stereocenters. The molecule has 2 aromatic rings. The molecular formula is C14H19N3OS2. The second-order valence-electron chi connectivity index (χ2n) is 5.53. The summed E-state index contributed by atoms with van der Waals surface area (Å²) in [7, 11) is 5.91. The first-order valence-corrected chi connectivity index (χ1v) is 8.54. The Morgan fingerprint density at radius 3 is 2.55 bits per heavy atom. The fourth-order valence-corrected chi connectivity index (χ4v) is 4.77. The van der Waals surface area contributed by atoms with Gasteiger partial charge in [-0.05, 0) is 18.9 Å². The molecule has 0 aromatic carbocycles. The lowest BCUT2D eigenvalue weighted by Crippen LogP contribution is -2.34. The smallest absolute Gasteiger partial charge is 0.264 e. The van der Waals surface area contributed by atoms with E-state index in [1.165, 1.54) is 24.2 Å². The number of amides is 1. The van der Waals surface area contributed by atoms with Crippen LogP contribution in [0.3, 0.4) is 0 Å². The SMILES string of the molecule is CN(C)c1nc2sc(C(=O)N(C)C3CCCC3)cc2s1. The fourth-order valence-electron chi connectivity index (χ4n) is 2.65. The average Bonchev–Trinajstić information content (AvgIpc) is 3.11. The number of thiophene rings is 1. The van der Waals surface area contributed by atoms with Gasteiger partial charge in [0.05, 0.1) is 9.58 Å². The van der Waals surface area contributed by atoms with Gasteiger partial charge in [-0.2, -0.15) is 0 Å². The molecule has 20 heavy (non-hydrogen) atoms. The number of carbonyl (C=O) groups excluding carboxylic acids is 1. The number of anilines is 1. The molecule has 1 fully saturated rings. The molecule has 0 N–H and O–H groups in total. The Morgan fingerprint density at radius 2 is 1.95 bits per heavy atom. The van der Waals surface area contributed by atoms with Crippen LogP contribution < -0.4 is 4.90 Å². The molecule has 0 radical (unpaired) electrons. The predicted octanol–water partition coefficient (Wildman–Crippen LogP) is 3.44. The summed E-state index contributed by atoms with van der Waals surface area (Å²) in [5, 5.41) is 0.995. The van der Waals surface area contributed by atoms with Crippen LogP contribution in [0.5, 0.6) is 0 Å². The van der Waals surface area contributed by atoms with Gasteiger partial charge in [0.25, 0.3) is 5.91 Å². The van der Waals surface area contributed by atoms with Crippen LogP contribution in [0.1, 0.15) is 35.4 Å². The van der Waals surface area contributed by atoms with Gasteiger partial charge in [0.15, 0.2) is 5.13 Å². The van der Waals surface area contributed by atoms with Crippen LogP contribution in [-0.2, 0) is 0 Å². The first kappa shape index (κ1) is 13.8. The van der Waals surface area contributed by atoms with Crippen molar-refractivity contribution < 1.29 is 4.79 Å². The molecule has 1 aliphatic carbocycles. The average molecular weight is 309 g/mol.